The van der Waals surface area contributed by atoms with Gasteiger partial charge in [-0.2, -0.15) is 0 Å². The SMILES string of the molecule is CCCC(C)CC1Nc2cccc3cccc(c23)N1. The molecule has 1 aliphatic rings. The first-order valence-electron chi connectivity index (χ1n) is 7.32. The fraction of sp³-hybridized carbons (Fsp3) is 0.412. The summed E-state index contributed by atoms with van der Waals surface area (Å²) in [6.45, 7) is 4.60. The summed E-state index contributed by atoms with van der Waals surface area (Å²) < 4.78 is 0. The zero-order chi connectivity index (χ0) is 13.2. The Balaban J connectivity index is 1.86. The number of anilines is 2. The second-order valence-corrected chi connectivity index (χ2v) is 5.68. The Morgan fingerprint density at radius 3 is 2.26 bits per heavy atom. The van der Waals surface area contributed by atoms with Gasteiger partial charge in [-0.15, -0.1) is 0 Å². The Kier molecular flexibility index (Phi) is 3.33. The van der Waals surface area contributed by atoms with E-state index in [4.69, 9.17) is 0 Å². The third-order valence-electron chi connectivity index (χ3n) is 3.98. The second kappa shape index (κ2) is 5.12. The number of hydrogen-bond acceptors (Lipinski definition) is 2. The van der Waals surface area contributed by atoms with Gasteiger partial charge in [0.1, 0.15) is 0 Å². The smallest absolute Gasteiger partial charge is 0.0966 e. The number of rotatable bonds is 4. The van der Waals surface area contributed by atoms with Crippen LogP contribution in [0.4, 0.5) is 11.4 Å². The molecule has 3 rings (SSSR count). The lowest BCUT2D eigenvalue weighted by atomic mass is 9.97. The monoisotopic (exact) mass is 254 g/mol. The fourth-order valence-corrected chi connectivity index (χ4v) is 3.12. The number of nitrogens with one attached hydrogen (secondary N) is 2. The lowest BCUT2D eigenvalue weighted by Gasteiger charge is -2.31. The Morgan fingerprint density at radius 1 is 1.05 bits per heavy atom. The second-order valence-electron chi connectivity index (χ2n) is 5.68. The molecule has 2 N–H and O–H groups in total. The highest BCUT2D eigenvalue weighted by molar-refractivity contribution is 6.04. The van der Waals surface area contributed by atoms with Crippen LogP contribution < -0.4 is 10.6 Å². The zero-order valence-corrected chi connectivity index (χ0v) is 11.7. The predicted octanol–water partition coefficient (Wildman–Crippen LogP) is 4.83. The van der Waals surface area contributed by atoms with Crippen molar-refractivity contribution in [3.8, 4) is 0 Å². The maximum atomic E-state index is 3.64. The molecule has 19 heavy (non-hydrogen) atoms. The van der Waals surface area contributed by atoms with Crippen LogP contribution in [0.3, 0.4) is 0 Å². The molecule has 0 aliphatic carbocycles. The quantitative estimate of drug-likeness (QED) is 0.816. The average molecular weight is 254 g/mol. The van der Waals surface area contributed by atoms with E-state index in [9.17, 15) is 0 Å². The van der Waals surface area contributed by atoms with Crippen LogP contribution in [0.15, 0.2) is 36.4 Å². The molecule has 0 bridgehead atoms. The van der Waals surface area contributed by atoms with E-state index < -0.39 is 0 Å². The molecule has 0 spiro atoms. The third kappa shape index (κ3) is 2.40. The fourth-order valence-electron chi connectivity index (χ4n) is 3.12. The molecule has 2 nitrogen and oxygen atoms in total. The molecule has 0 saturated carbocycles. The van der Waals surface area contributed by atoms with E-state index in [2.05, 4.69) is 60.9 Å². The van der Waals surface area contributed by atoms with Crippen molar-refractivity contribution >= 4 is 22.1 Å². The molecule has 0 aromatic heterocycles. The van der Waals surface area contributed by atoms with Crippen molar-refractivity contribution in [3.05, 3.63) is 36.4 Å². The van der Waals surface area contributed by atoms with Crippen LogP contribution in [-0.2, 0) is 0 Å². The minimum absolute atomic E-state index is 0.349. The molecule has 2 heteroatoms. The van der Waals surface area contributed by atoms with E-state index in [0.717, 1.165) is 5.92 Å². The predicted molar refractivity (Wildman–Crippen MR) is 83.7 cm³/mol. The van der Waals surface area contributed by atoms with E-state index in [1.54, 1.807) is 0 Å². The molecule has 1 atom stereocenters. The van der Waals surface area contributed by atoms with Gasteiger partial charge >= 0.3 is 0 Å². The summed E-state index contributed by atoms with van der Waals surface area (Å²) in [6.07, 6.45) is 4.08. The first-order chi connectivity index (χ1) is 9.28. The largest absolute Gasteiger partial charge is 0.365 e. The number of benzene rings is 2. The van der Waals surface area contributed by atoms with E-state index in [-0.39, 0.29) is 0 Å². The minimum atomic E-state index is 0.349. The van der Waals surface area contributed by atoms with Crippen molar-refractivity contribution in [1.82, 2.24) is 0 Å². The highest BCUT2D eigenvalue weighted by Gasteiger charge is 2.19. The molecule has 0 saturated heterocycles. The van der Waals surface area contributed by atoms with E-state index in [1.807, 2.05) is 0 Å². The van der Waals surface area contributed by atoms with Gasteiger partial charge in [0.25, 0.3) is 0 Å². The van der Waals surface area contributed by atoms with Crippen molar-refractivity contribution in [2.24, 2.45) is 5.92 Å². The van der Waals surface area contributed by atoms with Crippen LogP contribution in [-0.4, -0.2) is 6.17 Å². The van der Waals surface area contributed by atoms with Gasteiger partial charge in [-0.25, -0.2) is 0 Å². The Labute approximate surface area is 115 Å². The summed E-state index contributed by atoms with van der Waals surface area (Å²) >= 11 is 0. The summed E-state index contributed by atoms with van der Waals surface area (Å²) in [5.41, 5.74) is 2.53. The molecular weight excluding hydrogens is 232 g/mol. The zero-order valence-electron chi connectivity index (χ0n) is 11.7. The van der Waals surface area contributed by atoms with Crippen LogP contribution in [0.1, 0.15) is 33.1 Å². The van der Waals surface area contributed by atoms with Crippen molar-refractivity contribution in [3.63, 3.8) is 0 Å². The van der Waals surface area contributed by atoms with Crippen molar-refractivity contribution in [1.29, 1.82) is 0 Å². The first kappa shape index (κ1) is 12.3. The van der Waals surface area contributed by atoms with E-state index >= 15 is 0 Å². The van der Waals surface area contributed by atoms with Crippen molar-refractivity contribution < 1.29 is 0 Å². The minimum Gasteiger partial charge on any atom is -0.365 e. The van der Waals surface area contributed by atoms with Gasteiger partial charge in [0.05, 0.1) is 6.17 Å². The third-order valence-corrected chi connectivity index (χ3v) is 3.98. The molecule has 0 fully saturated rings. The van der Waals surface area contributed by atoms with Gasteiger partial charge in [-0.3, -0.25) is 0 Å². The van der Waals surface area contributed by atoms with Crippen molar-refractivity contribution in [2.75, 3.05) is 10.6 Å². The van der Waals surface area contributed by atoms with Gasteiger partial charge in [0.15, 0.2) is 0 Å². The average Bonchev–Trinajstić information content (AvgIpc) is 2.39. The summed E-state index contributed by atoms with van der Waals surface area (Å²) in [7, 11) is 0. The van der Waals surface area contributed by atoms with Crippen LogP contribution in [0.2, 0.25) is 0 Å². The Bertz CT molecular complexity index is 536. The van der Waals surface area contributed by atoms with Gasteiger partial charge in [0.2, 0.25) is 0 Å². The van der Waals surface area contributed by atoms with Gasteiger partial charge < -0.3 is 10.6 Å². The van der Waals surface area contributed by atoms with E-state index in [0.29, 0.717) is 6.17 Å². The van der Waals surface area contributed by atoms with Gasteiger partial charge in [-0.1, -0.05) is 51.0 Å². The highest BCUT2D eigenvalue weighted by atomic mass is 15.1. The molecule has 2 aromatic carbocycles. The highest BCUT2D eigenvalue weighted by Crippen LogP contribution is 2.35. The van der Waals surface area contributed by atoms with Gasteiger partial charge in [0, 0.05) is 16.8 Å². The molecule has 0 radical (unpaired) electrons. The normalized spacial score (nSPS) is 15.9. The Hall–Kier alpha value is -1.70. The molecule has 1 aliphatic heterocycles. The molecular formula is C17H22N2. The maximum Gasteiger partial charge on any atom is 0.0966 e. The summed E-state index contributed by atoms with van der Waals surface area (Å²) in [5.74, 6) is 0.750. The van der Waals surface area contributed by atoms with Crippen molar-refractivity contribution in [2.45, 2.75) is 39.3 Å². The topological polar surface area (TPSA) is 24.1 Å². The van der Waals surface area contributed by atoms with Crippen LogP contribution in [0.5, 0.6) is 0 Å². The first-order valence-corrected chi connectivity index (χ1v) is 7.32. The summed E-state index contributed by atoms with van der Waals surface area (Å²) in [5, 5.41) is 9.90. The van der Waals surface area contributed by atoms with Gasteiger partial charge in [-0.05, 0) is 29.9 Å². The van der Waals surface area contributed by atoms with Crippen LogP contribution >= 0.6 is 0 Å². The molecule has 2 aromatic rings. The molecule has 100 valence electrons. The standard InChI is InChI=1S/C17H22N2/c1-3-6-12(2)11-16-18-14-9-4-7-13-8-5-10-15(19-16)17(13)14/h4-5,7-10,12,16,18-19H,3,6,11H2,1-2H3. The lowest BCUT2D eigenvalue weighted by molar-refractivity contribution is 0.463. The lowest BCUT2D eigenvalue weighted by Crippen LogP contribution is -2.33. The number of hydrogen-bond donors (Lipinski definition) is 2. The molecule has 1 unspecified atom stereocenters. The maximum absolute atomic E-state index is 3.64. The Morgan fingerprint density at radius 2 is 1.68 bits per heavy atom. The van der Waals surface area contributed by atoms with E-state index in [1.165, 1.54) is 41.4 Å². The summed E-state index contributed by atoms with van der Waals surface area (Å²) in [6, 6.07) is 13.0. The molecule has 0 amide bonds. The van der Waals surface area contributed by atoms with Crippen LogP contribution in [0, 0.1) is 5.92 Å². The summed E-state index contributed by atoms with van der Waals surface area (Å²) in [4.78, 5) is 0. The molecule has 1 heterocycles. The van der Waals surface area contributed by atoms with Crippen LogP contribution in [0.25, 0.3) is 10.8 Å².